The Morgan fingerprint density at radius 1 is 1.08 bits per heavy atom. The lowest BCUT2D eigenvalue weighted by Gasteiger charge is -2.34. The molecule has 1 saturated heterocycles. The summed E-state index contributed by atoms with van der Waals surface area (Å²) in [7, 11) is 0. The molecule has 0 amide bonds. The van der Waals surface area contributed by atoms with E-state index in [2.05, 4.69) is 11.0 Å². The van der Waals surface area contributed by atoms with Gasteiger partial charge in [-0.15, -0.1) is 0 Å². The first-order valence-electron chi connectivity index (χ1n) is 5.54. The molecule has 13 heavy (non-hydrogen) atoms. The first-order chi connectivity index (χ1) is 6.40. The summed E-state index contributed by atoms with van der Waals surface area (Å²) in [5.41, 5.74) is 0. The van der Waals surface area contributed by atoms with Crippen LogP contribution in [0.4, 0.5) is 0 Å². The number of piperidine rings is 1. The molecular weight excluding hydrogens is 160 g/mol. The van der Waals surface area contributed by atoms with Crippen molar-refractivity contribution in [3.63, 3.8) is 0 Å². The zero-order chi connectivity index (χ0) is 9.10. The van der Waals surface area contributed by atoms with Crippen molar-refractivity contribution in [2.45, 2.75) is 44.6 Å². The molecule has 2 aliphatic rings. The summed E-state index contributed by atoms with van der Waals surface area (Å²) in [5.74, 6) is 0.314. The van der Waals surface area contributed by atoms with Crippen LogP contribution in [0, 0.1) is 17.2 Å². The van der Waals surface area contributed by atoms with Crippen LogP contribution >= 0.6 is 0 Å². The van der Waals surface area contributed by atoms with E-state index in [1.807, 2.05) is 0 Å². The molecule has 0 aromatic heterocycles. The number of likely N-dealkylation sites (tertiary alicyclic amines) is 1. The number of nitriles is 1. The molecule has 0 spiro atoms. The molecule has 0 aromatic rings. The van der Waals surface area contributed by atoms with Crippen LogP contribution in [0.25, 0.3) is 0 Å². The van der Waals surface area contributed by atoms with Crippen molar-refractivity contribution >= 4 is 0 Å². The Labute approximate surface area is 80.5 Å². The molecule has 1 heterocycles. The van der Waals surface area contributed by atoms with Gasteiger partial charge in [0.25, 0.3) is 0 Å². The van der Waals surface area contributed by atoms with Crippen molar-refractivity contribution in [2.24, 2.45) is 5.92 Å². The van der Waals surface area contributed by atoms with Gasteiger partial charge in [-0.2, -0.15) is 5.26 Å². The predicted octanol–water partition coefficient (Wildman–Crippen LogP) is 2.16. The molecule has 72 valence electrons. The lowest BCUT2D eigenvalue weighted by atomic mass is 9.98. The van der Waals surface area contributed by atoms with Gasteiger partial charge in [0.1, 0.15) is 0 Å². The third kappa shape index (κ3) is 2.03. The van der Waals surface area contributed by atoms with Crippen molar-refractivity contribution in [1.29, 1.82) is 5.26 Å². The van der Waals surface area contributed by atoms with Gasteiger partial charge < -0.3 is 0 Å². The van der Waals surface area contributed by atoms with E-state index in [1.165, 1.54) is 38.6 Å². The standard InChI is InChI=1S/C11H18N2/c12-8-10-4-3-7-13(9-10)11-5-1-2-6-11/h10-11H,1-7,9H2. The molecule has 1 atom stereocenters. The van der Waals surface area contributed by atoms with Gasteiger partial charge in [-0.1, -0.05) is 12.8 Å². The van der Waals surface area contributed by atoms with Crippen molar-refractivity contribution in [2.75, 3.05) is 13.1 Å². The van der Waals surface area contributed by atoms with E-state index in [4.69, 9.17) is 5.26 Å². The molecule has 0 radical (unpaired) electrons. The average molecular weight is 178 g/mol. The minimum absolute atomic E-state index is 0.314. The van der Waals surface area contributed by atoms with Gasteiger partial charge >= 0.3 is 0 Å². The maximum atomic E-state index is 8.87. The third-order valence-electron chi connectivity index (χ3n) is 3.48. The van der Waals surface area contributed by atoms with Crippen LogP contribution in [0.2, 0.25) is 0 Å². The van der Waals surface area contributed by atoms with Crippen LogP contribution in [0.3, 0.4) is 0 Å². The van der Waals surface area contributed by atoms with Crippen molar-refractivity contribution in [3.8, 4) is 6.07 Å². The van der Waals surface area contributed by atoms with E-state index < -0.39 is 0 Å². The number of nitrogens with zero attached hydrogens (tertiary/aromatic N) is 2. The predicted molar refractivity (Wildman–Crippen MR) is 52.2 cm³/mol. The molecule has 1 aliphatic carbocycles. The Bertz CT molecular complexity index is 201. The van der Waals surface area contributed by atoms with Gasteiger partial charge in [0, 0.05) is 12.6 Å². The van der Waals surface area contributed by atoms with Crippen LogP contribution in [-0.4, -0.2) is 24.0 Å². The average Bonchev–Trinajstić information content (AvgIpc) is 2.71. The first kappa shape index (κ1) is 9.02. The molecule has 2 heteroatoms. The van der Waals surface area contributed by atoms with E-state index in [0.717, 1.165) is 19.0 Å². The summed E-state index contributed by atoms with van der Waals surface area (Å²) < 4.78 is 0. The van der Waals surface area contributed by atoms with Gasteiger partial charge in [0.05, 0.1) is 12.0 Å². The summed E-state index contributed by atoms with van der Waals surface area (Å²) in [6, 6.07) is 3.23. The van der Waals surface area contributed by atoms with Crippen LogP contribution in [0.5, 0.6) is 0 Å². The van der Waals surface area contributed by atoms with Crippen molar-refractivity contribution in [3.05, 3.63) is 0 Å². The molecule has 2 fully saturated rings. The fraction of sp³-hybridized carbons (Fsp3) is 0.909. The summed E-state index contributed by atoms with van der Waals surface area (Å²) in [6.45, 7) is 2.28. The monoisotopic (exact) mass is 178 g/mol. The molecule has 0 N–H and O–H groups in total. The van der Waals surface area contributed by atoms with Crippen LogP contribution in [-0.2, 0) is 0 Å². The van der Waals surface area contributed by atoms with E-state index in [1.54, 1.807) is 0 Å². The van der Waals surface area contributed by atoms with E-state index in [0.29, 0.717) is 5.92 Å². The Balaban J connectivity index is 1.88. The van der Waals surface area contributed by atoms with Crippen LogP contribution in [0.1, 0.15) is 38.5 Å². The molecule has 0 bridgehead atoms. The topological polar surface area (TPSA) is 27.0 Å². The Hall–Kier alpha value is -0.550. The normalized spacial score (nSPS) is 31.8. The second-order valence-corrected chi connectivity index (χ2v) is 4.40. The molecule has 2 rings (SSSR count). The van der Waals surface area contributed by atoms with E-state index >= 15 is 0 Å². The highest BCUT2D eigenvalue weighted by atomic mass is 15.2. The van der Waals surface area contributed by atoms with E-state index in [-0.39, 0.29) is 0 Å². The largest absolute Gasteiger partial charge is 0.299 e. The smallest absolute Gasteiger partial charge is 0.0669 e. The Morgan fingerprint density at radius 2 is 1.85 bits per heavy atom. The highest BCUT2D eigenvalue weighted by Crippen LogP contribution is 2.27. The minimum Gasteiger partial charge on any atom is -0.299 e. The summed E-state index contributed by atoms with van der Waals surface area (Å²) in [4.78, 5) is 2.56. The lowest BCUT2D eigenvalue weighted by Crippen LogP contribution is -2.41. The fourth-order valence-corrected chi connectivity index (χ4v) is 2.71. The number of hydrogen-bond donors (Lipinski definition) is 0. The SMILES string of the molecule is N#CC1CCCN(C2CCCC2)C1. The highest BCUT2D eigenvalue weighted by Gasteiger charge is 2.27. The zero-order valence-corrected chi connectivity index (χ0v) is 8.21. The summed E-state index contributed by atoms with van der Waals surface area (Å²) >= 11 is 0. The van der Waals surface area contributed by atoms with E-state index in [9.17, 15) is 0 Å². The Morgan fingerprint density at radius 3 is 2.54 bits per heavy atom. The fourth-order valence-electron chi connectivity index (χ4n) is 2.71. The van der Waals surface area contributed by atoms with Gasteiger partial charge in [0.15, 0.2) is 0 Å². The Kier molecular flexibility index (Phi) is 2.85. The van der Waals surface area contributed by atoms with Gasteiger partial charge in [-0.05, 0) is 32.2 Å². The number of rotatable bonds is 1. The minimum atomic E-state index is 0.314. The molecule has 2 nitrogen and oxygen atoms in total. The third-order valence-corrected chi connectivity index (χ3v) is 3.48. The van der Waals surface area contributed by atoms with Gasteiger partial charge in [0.2, 0.25) is 0 Å². The second kappa shape index (κ2) is 4.11. The van der Waals surface area contributed by atoms with Crippen LogP contribution in [0.15, 0.2) is 0 Å². The molecule has 0 aromatic carbocycles. The maximum Gasteiger partial charge on any atom is 0.0669 e. The highest BCUT2D eigenvalue weighted by molar-refractivity contribution is 4.91. The lowest BCUT2D eigenvalue weighted by molar-refractivity contribution is 0.143. The quantitative estimate of drug-likeness (QED) is 0.615. The first-order valence-corrected chi connectivity index (χ1v) is 5.54. The maximum absolute atomic E-state index is 8.87. The molecule has 1 unspecified atom stereocenters. The second-order valence-electron chi connectivity index (χ2n) is 4.40. The zero-order valence-electron chi connectivity index (χ0n) is 8.21. The van der Waals surface area contributed by atoms with Crippen LogP contribution < -0.4 is 0 Å². The summed E-state index contributed by atoms with van der Waals surface area (Å²) in [6.07, 6.45) is 7.90. The molecular formula is C11H18N2. The molecule has 1 saturated carbocycles. The number of hydrogen-bond acceptors (Lipinski definition) is 2. The van der Waals surface area contributed by atoms with Gasteiger partial charge in [-0.3, -0.25) is 4.90 Å². The van der Waals surface area contributed by atoms with Crippen molar-refractivity contribution in [1.82, 2.24) is 4.90 Å². The molecule has 1 aliphatic heterocycles. The summed E-state index contributed by atoms with van der Waals surface area (Å²) in [5, 5.41) is 8.87. The van der Waals surface area contributed by atoms with Crippen molar-refractivity contribution < 1.29 is 0 Å². The van der Waals surface area contributed by atoms with Gasteiger partial charge in [-0.25, -0.2) is 0 Å².